The lowest BCUT2D eigenvalue weighted by molar-refractivity contribution is -0.385. The minimum Gasteiger partial charge on any atom is -0.271 e. The summed E-state index contributed by atoms with van der Waals surface area (Å²) in [5.74, 6) is 0. The van der Waals surface area contributed by atoms with Gasteiger partial charge < -0.3 is 0 Å². The highest BCUT2D eigenvalue weighted by molar-refractivity contribution is 5.57. The van der Waals surface area contributed by atoms with E-state index in [-0.39, 0.29) is 24.5 Å². The van der Waals surface area contributed by atoms with E-state index in [1.807, 2.05) is 0 Å². The van der Waals surface area contributed by atoms with Crippen molar-refractivity contribution in [2.75, 3.05) is 6.54 Å². The van der Waals surface area contributed by atoms with Crippen molar-refractivity contribution in [3.8, 4) is 11.3 Å². The molecule has 2 heterocycles. The number of para-hydroxylation sites is 1. The summed E-state index contributed by atoms with van der Waals surface area (Å²) in [5.41, 5.74) is 1.29. The van der Waals surface area contributed by atoms with Crippen LogP contribution in [0.4, 0.5) is 18.9 Å². The second-order valence-corrected chi connectivity index (χ2v) is 6.09. The molecule has 0 unspecified atom stereocenters. The fourth-order valence-electron chi connectivity index (χ4n) is 2.87. The Hall–Kier alpha value is -3.27. The highest BCUT2D eigenvalue weighted by atomic mass is 19.4. The van der Waals surface area contributed by atoms with E-state index in [9.17, 15) is 23.3 Å². The quantitative estimate of drug-likeness (QED) is 0.451. The lowest BCUT2D eigenvalue weighted by atomic mass is 10.1. The lowest BCUT2D eigenvalue weighted by Crippen LogP contribution is -2.35. The van der Waals surface area contributed by atoms with Crippen molar-refractivity contribution in [3.05, 3.63) is 76.7 Å². The molecule has 0 amide bonds. The van der Waals surface area contributed by atoms with E-state index in [0.717, 1.165) is 4.90 Å². The van der Waals surface area contributed by atoms with E-state index < -0.39 is 17.6 Å². The average Bonchev–Trinajstić information content (AvgIpc) is 3.09. The Morgan fingerprint density at radius 2 is 1.89 bits per heavy atom. The van der Waals surface area contributed by atoms with E-state index in [1.165, 1.54) is 29.1 Å². The third-order valence-electron chi connectivity index (χ3n) is 3.99. The van der Waals surface area contributed by atoms with Gasteiger partial charge in [-0.05, 0) is 18.2 Å². The minimum atomic E-state index is -4.47. The third-order valence-corrected chi connectivity index (χ3v) is 3.99. The molecule has 0 saturated carbocycles. The molecule has 0 spiro atoms. The molecule has 7 nitrogen and oxygen atoms in total. The van der Waals surface area contributed by atoms with Crippen LogP contribution in [0.15, 0.2) is 61.1 Å². The number of hydrogen-bond acceptors (Lipinski definition) is 5. The number of pyridine rings is 1. The smallest absolute Gasteiger partial charge is 0.271 e. The van der Waals surface area contributed by atoms with Crippen LogP contribution in [0, 0.1) is 10.1 Å². The molecule has 0 fully saturated rings. The van der Waals surface area contributed by atoms with E-state index in [0.29, 0.717) is 11.3 Å². The Bertz CT molecular complexity index is 944. The highest BCUT2D eigenvalue weighted by Gasteiger charge is 2.32. The van der Waals surface area contributed by atoms with Gasteiger partial charge in [0.15, 0.2) is 0 Å². The second-order valence-electron chi connectivity index (χ2n) is 6.09. The van der Waals surface area contributed by atoms with E-state index in [1.54, 1.807) is 36.7 Å². The molecule has 1 aromatic carbocycles. The van der Waals surface area contributed by atoms with Crippen molar-refractivity contribution < 1.29 is 18.1 Å². The van der Waals surface area contributed by atoms with Gasteiger partial charge in [0, 0.05) is 42.3 Å². The Kier molecular flexibility index (Phi) is 5.69. The van der Waals surface area contributed by atoms with Crippen molar-refractivity contribution in [1.82, 2.24) is 19.7 Å². The van der Waals surface area contributed by atoms with Crippen LogP contribution in [0.3, 0.4) is 0 Å². The molecule has 28 heavy (non-hydrogen) atoms. The van der Waals surface area contributed by atoms with Crippen molar-refractivity contribution >= 4 is 5.69 Å². The molecule has 3 aromatic rings. The topological polar surface area (TPSA) is 77.1 Å². The maximum absolute atomic E-state index is 13.1. The molecular weight excluding hydrogens is 375 g/mol. The molecule has 3 rings (SSSR count). The zero-order valence-electron chi connectivity index (χ0n) is 14.6. The number of nitrogens with zero attached hydrogens (tertiary/aromatic N) is 5. The van der Waals surface area contributed by atoms with Crippen LogP contribution >= 0.6 is 0 Å². The summed E-state index contributed by atoms with van der Waals surface area (Å²) < 4.78 is 40.7. The molecular formula is C18H16F3N5O2. The molecule has 0 aliphatic carbocycles. The van der Waals surface area contributed by atoms with Crippen molar-refractivity contribution in [3.63, 3.8) is 0 Å². The van der Waals surface area contributed by atoms with Gasteiger partial charge in [0.25, 0.3) is 5.69 Å². The Balaban J connectivity index is 1.89. The maximum atomic E-state index is 13.1. The van der Waals surface area contributed by atoms with Crippen molar-refractivity contribution in [2.24, 2.45) is 0 Å². The number of nitro groups is 1. The van der Waals surface area contributed by atoms with Crippen LogP contribution < -0.4 is 0 Å². The maximum Gasteiger partial charge on any atom is 0.401 e. The summed E-state index contributed by atoms with van der Waals surface area (Å²) in [6.07, 6.45) is 0.197. The highest BCUT2D eigenvalue weighted by Crippen LogP contribution is 2.24. The number of alkyl halides is 3. The molecule has 146 valence electrons. The van der Waals surface area contributed by atoms with Gasteiger partial charge in [0.05, 0.1) is 23.8 Å². The molecule has 0 radical (unpaired) electrons. The first-order valence-electron chi connectivity index (χ1n) is 8.27. The number of aromatic nitrogens is 3. The van der Waals surface area contributed by atoms with Crippen LogP contribution in [-0.2, 0) is 13.2 Å². The Labute approximate surface area is 158 Å². The van der Waals surface area contributed by atoms with E-state index >= 15 is 0 Å². The van der Waals surface area contributed by atoms with Gasteiger partial charge in [-0.25, -0.2) is 0 Å². The van der Waals surface area contributed by atoms with Crippen LogP contribution in [0.2, 0.25) is 0 Å². The first-order valence-corrected chi connectivity index (χ1v) is 8.27. The van der Waals surface area contributed by atoms with Gasteiger partial charge in [-0.2, -0.15) is 18.3 Å². The summed E-state index contributed by atoms with van der Waals surface area (Å²) in [7, 11) is 0. The zero-order chi connectivity index (χ0) is 20.1. The van der Waals surface area contributed by atoms with Gasteiger partial charge in [0.2, 0.25) is 0 Å². The Morgan fingerprint density at radius 3 is 2.57 bits per heavy atom. The van der Waals surface area contributed by atoms with Gasteiger partial charge in [-0.3, -0.25) is 24.7 Å². The van der Waals surface area contributed by atoms with Gasteiger partial charge >= 0.3 is 6.18 Å². The van der Waals surface area contributed by atoms with Gasteiger partial charge in [-0.1, -0.05) is 18.2 Å². The number of hydrogen-bond donors (Lipinski definition) is 0. The van der Waals surface area contributed by atoms with Gasteiger partial charge in [-0.15, -0.1) is 0 Å². The molecule has 0 N–H and O–H groups in total. The minimum absolute atomic E-state index is 0.192. The standard InChI is InChI=1S/C18H16F3N5O2/c19-18(20,21)12-24(11-15-4-1-2-6-17(15)26(27)28)13-25-16(7-9-23-25)14-5-3-8-22-10-14/h1-10H,11-13H2. The first-order chi connectivity index (χ1) is 13.3. The molecule has 0 atom stereocenters. The summed E-state index contributed by atoms with van der Waals surface area (Å²) in [4.78, 5) is 15.7. The van der Waals surface area contributed by atoms with Crippen molar-refractivity contribution in [2.45, 2.75) is 19.4 Å². The Morgan fingerprint density at radius 1 is 1.11 bits per heavy atom. The van der Waals surface area contributed by atoms with E-state index in [4.69, 9.17) is 0 Å². The van der Waals surface area contributed by atoms with E-state index in [2.05, 4.69) is 10.1 Å². The normalized spacial score (nSPS) is 11.7. The number of halogens is 3. The molecule has 0 aliphatic rings. The molecule has 2 aromatic heterocycles. The number of benzene rings is 1. The molecule has 0 aliphatic heterocycles. The lowest BCUT2D eigenvalue weighted by Gasteiger charge is -2.24. The van der Waals surface area contributed by atoms with Gasteiger partial charge in [0.1, 0.15) is 0 Å². The molecule has 0 bridgehead atoms. The summed E-state index contributed by atoms with van der Waals surface area (Å²) in [6.45, 7) is -1.67. The van der Waals surface area contributed by atoms with Crippen LogP contribution in [0.25, 0.3) is 11.3 Å². The molecule has 10 heteroatoms. The largest absolute Gasteiger partial charge is 0.401 e. The number of rotatable bonds is 7. The predicted octanol–water partition coefficient (Wildman–Crippen LogP) is 3.88. The fourth-order valence-corrected chi connectivity index (χ4v) is 2.87. The summed E-state index contributed by atoms with van der Waals surface area (Å²) in [5, 5.41) is 15.3. The van der Waals surface area contributed by atoms with Crippen LogP contribution in [-0.4, -0.2) is 37.3 Å². The first kappa shape index (κ1) is 19.5. The van der Waals surface area contributed by atoms with Crippen molar-refractivity contribution in [1.29, 1.82) is 0 Å². The summed E-state index contributed by atoms with van der Waals surface area (Å²) in [6, 6.07) is 10.9. The molecule has 0 saturated heterocycles. The van der Waals surface area contributed by atoms with Crippen LogP contribution in [0.1, 0.15) is 5.56 Å². The summed E-state index contributed by atoms with van der Waals surface area (Å²) >= 11 is 0. The second kappa shape index (κ2) is 8.17. The number of nitro benzene ring substituents is 1. The third kappa shape index (κ3) is 4.92. The fraction of sp³-hybridized carbons (Fsp3) is 0.222. The SMILES string of the molecule is O=[N+]([O-])c1ccccc1CN(Cn1nccc1-c1cccnc1)CC(F)(F)F. The predicted molar refractivity (Wildman–Crippen MR) is 95.0 cm³/mol. The van der Waals surface area contributed by atoms with Crippen LogP contribution in [0.5, 0.6) is 0 Å². The zero-order valence-corrected chi connectivity index (χ0v) is 14.6. The average molecular weight is 391 g/mol. The monoisotopic (exact) mass is 391 g/mol.